The van der Waals surface area contributed by atoms with Crippen molar-refractivity contribution in [2.24, 2.45) is 0 Å². The van der Waals surface area contributed by atoms with Gasteiger partial charge in [-0.3, -0.25) is 0 Å². The van der Waals surface area contributed by atoms with Gasteiger partial charge < -0.3 is 24.0 Å². The average molecular weight is 421 g/mol. The number of fused-ring (bicyclic) bond motifs is 2. The third kappa shape index (κ3) is 3.45. The first-order valence-corrected chi connectivity index (χ1v) is 10.2. The van der Waals surface area contributed by atoms with Crippen molar-refractivity contribution in [3.05, 3.63) is 42.0 Å². The van der Waals surface area contributed by atoms with Crippen LogP contribution in [0.1, 0.15) is 18.4 Å². The molecule has 0 N–H and O–H groups in total. The van der Waals surface area contributed by atoms with Crippen LogP contribution in [0.15, 0.2) is 36.4 Å². The van der Waals surface area contributed by atoms with Crippen LogP contribution >= 0.6 is 0 Å². The van der Waals surface area contributed by atoms with Crippen LogP contribution < -0.4 is 19.1 Å². The fraction of sp³-hybridized carbons (Fsp3) is 0.364. The van der Waals surface area contributed by atoms with E-state index in [1.165, 1.54) is 0 Å². The van der Waals surface area contributed by atoms with Crippen molar-refractivity contribution in [3.63, 3.8) is 0 Å². The van der Waals surface area contributed by atoms with Crippen molar-refractivity contribution < 1.29 is 19.0 Å². The number of nitrogens with zero attached hydrogens (tertiary/aromatic N) is 5. The maximum atomic E-state index is 12.5. The Morgan fingerprint density at radius 3 is 2.55 bits per heavy atom. The second kappa shape index (κ2) is 7.90. The van der Waals surface area contributed by atoms with E-state index in [0.717, 1.165) is 42.7 Å². The molecular weight excluding hydrogens is 398 g/mol. The van der Waals surface area contributed by atoms with E-state index in [1.807, 2.05) is 35.2 Å². The van der Waals surface area contributed by atoms with E-state index in [9.17, 15) is 4.79 Å². The fourth-order valence-electron chi connectivity index (χ4n) is 4.33. The molecule has 1 saturated heterocycles. The molecule has 5 rings (SSSR count). The number of piperidine rings is 1. The van der Waals surface area contributed by atoms with Crippen molar-refractivity contribution >= 4 is 22.8 Å². The van der Waals surface area contributed by atoms with E-state index < -0.39 is 0 Å². The summed E-state index contributed by atoms with van der Waals surface area (Å²) in [6.45, 7) is 2.07. The molecule has 160 valence electrons. The number of amides is 1. The summed E-state index contributed by atoms with van der Waals surface area (Å²) in [4.78, 5) is 16.6. The zero-order chi connectivity index (χ0) is 21.4. The van der Waals surface area contributed by atoms with Gasteiger partial charge in [0, 0.05) is 30.8 Å². The highest BCUT2D eigenvalue weighted by Gasteiger charge is 2.33. The van der Waals surface area contributed by atoms with E-state index in [2.05, 4.69) is 20.3 Å². The standard InChI is InChI=1S/C22H23N5O4/c1-29-19-11-16-17(12-20(19)30-2)23-25-24-21(16)26-9-7-15(8-10-26)27-13-14-5-3-4-6-18(14)31-22(27)28/h3-6,11-12,15H,7-10,13H2,1-2H3. The number of rotatable bonds is 4. The Morgan fingerprint density at radius 2 is 1.77 bits per heavy atom. The number of benzene rings is 2. The largest absolute Gasteiger partial charge is 0.493 e. The predicted molar refractivity (Wildman–Crippen MR) is 114 cm³/mol. The number of anilines is 1. The first-order valence-electron chi connectivity index (χ1n) is 10.2. The van der Waals surface area contributed by atoms with Gasteiger partial charge in [-0.25, -0.2) is 4.79 Å². The summed E-state index contributed by atoms with van der Waals surface area (Å²) < 4.78 is 16.3. The summed E-state index contributed by atoms with van der Waals surface area (Å²) in [5.74, 6) is 2.64. The topological polar surface area (TPSA) is 89.9 Å². The number of carbonyl (C=O) groups is 1. The van der Waals surface area contributed by atoms with Gasteiger partial charge in [0.05, 0.1) is 26.2 Å². The summed E-state index contributed by atoms with van der Waals surface area (Å²) in [7, 11) is 3.20. The normalized spacial score (nSPS) is 16.8. The molecule has 9 nitrogen and oxygen atoms in total. The lowest BCUT2D eigenvalue weighted by Crippen LogP contribution is -2.49. The van der Waals surface area contributed by atoms with E-state index in [0.29, 0.717) is 29.3 Å². The maximum absolute atomic E-state index is 12.5. The lowest BCUT2D eigenvalue weighted by atomic mass is 10.0. The smallest absolute Gasteiger partial charge is 0.415 e. The van der Waals surface area contributed by atoms with E-state index >= 15 is 0 Å². The molecule has 0 bridgehead atoms. The van der Waals surface area contributed by atoms with Crippen LogP contribution in [0.25, 0.3) is 10.9 Å². The van der Waals surface area contributed by atoms with Crippen LogP contribution in [-0.4, -0.2) is 59.8 Å². The minimum Gasteiger partial charge on any atom is -0.493 e. The van der Waals surface area contributed by atoms with Crippen molar-refractivity contribution in [1.29, 1.82) is 0 Å². The van der Waals surface area contributed by atoms with Crippen molar-refractivity contribution in [2.45, 2.75) is 25.4 Å². The highest BCUT2D eigenvalue weighted by Crippen LogP contribution is 2.36. The molecule has 2 aliphatic heterocycles. The molecule has 0 radical (unpaired) electrons. The van der Waals surface area contributed by atoms with Crippen LogP contribution in [0.3, 0.4) is 0 Å². The van der Waals surface area contributed by atoms with Crippen LogP contribution in [0.5, 0.6) is 17.2 Å². The Kier molecular flexibility index (Phi) is 4.93. The van der Waals surface area contributed by atoms with Gasteiger partial charge in [0.1, 0.15) is 11.3 Å². The van der Waals surface area contributed by atoms with Crippen molar-refractivity contribution in [1.82, 2.24) is 20.3 Å². The Morgan fingerprint density at radius 1 is 1.03 bits per heavy atom. The Balaban J connectivity index is 1.35. The zero-order valence-electron chi connectivity index (χ0n) is 17.4. The average Bonchev–Trinajstić information content (AvgIpc) is 2.82. The molecule has 0 atom stereocenters. The summed E-state index contributed by atoms with van der Waals surface area (Å²) >= 11 is 0. The zero-order valence-corrected chi connectivity index (χ0v) is 17.4. The fourth-order valence-corrected chi connectivity index (χ4v) is 4.33. The number of methoxy groups -OCH3 is 2. The minimum atomic E-state index is -0.275. The molecule has 1 fully saturated rings. The third-order valence-electron chi connectivity index (χ3n) is 5.98. The molecule has 1 amide bonds. The van der Waals surface area contributed by atoms with Crippen LogP contribution in [0, 0.1) is 0 Å². The molecule has 3 aromatic rings. The van der Waals surface area contributed by atoms with Gasteiger partial charge in [-0.2, -0.15) is 0 Å². The van der Waals surface area contributed by atoms with Gasteiger partial charge in [-0.05, 0) is 30.2 Å². The number of hydrogen-bond donors (Lipinski definition) is 0. The molecule has 2 aromatic carbocycles. The van der Waals surface area contributed by atoms with Crippen molar-refractivity contribution in [3.8, 4) is 17.2 Å². The summed E-state index contributed by atoms with van der Waals surface area (Å²) in [5.41, 5.74) is 1.73. The molecule has 0 spiro atoms. The van der Waals surface area contributed by atoms with Crippen LogP contribution in [0.4, 0.5) is 10.6 Å². The monoisotopic (exact) mass is 421 g/mol. The van der Waals surface area contributed by atoms with Crippen LogP contribution in [0.2, 0.25) is 0 Å². The Hall–Kier alpha value is -3.62. The Bertz CT molecular complexity index is 1130. The molecule has 2 aliphatic rings. The maximum Gasteiger partial charge on any atom is 0.415 e. The quantitative estimate of drug-likeness (QED) is 0.635. The lowest BCUT2D eigenvalue weighted by molar-refractivity contribution is 0.106. The SMILES string of the molecule is COc1cc2nnnc(N3CCC(N4Cc5ccccc5OC4=O)CC3)c2cc1OC. The molecule has 1 aromatic heterocycles. The number of carbonyl (C=O) groups excluding carboxylic acids is 1. The van der Waals surface area contributed by atoms with Crippen molar-refractivity contribution in [2.75, 3.05) is 32.2 Å². The molecule has 3 heterocycles. The molecular formula is C22H23N5O4. The van der Waals surface area contributed by atoms with Gasteiger partial charge in [-0.1, -0.05) is 18.2 Å². The first-order chi connectivity index (χ1) is 15.2. The molecule has 0 saturated carbocycles. The van der Waals surface area contributed by atoms with Gasteiger partial charge in [0.15, 0.2) is 17.3 Å². The number of para-hydroxylation sites is 1. The van der Waals surface area contributed by atoms with E-state index in [1.54, 1.807) is 20.3 Å². The highest BCUT2D eigenvalue weighted by atomic mass is 16.6. The third-order valence-corrected chi connectivity index (χ3v) is 5.98. The molecule has 0 unspecified atom stereocenters. The second-order valence-electron chi connectivity index (χ2n) is 7.66. The first kappa shape index (κ1) is 19.3. The second-order valence-corrected chi connectivity index (χ2v) is 7.66. The Labute approximate surface area is 179 Å². The van der Waals surface area contributed by atoms with Gasteiger partial charge >= 0.3 is 6.09 Å². The minimum absolute atomic E-state index is 0.118. The number of hydrogen-bond acceptors (Lipinski definition) is 8. The van der Waals surface area contributed by atoms with Gasteiger partial charge in [0.2, 0.25) is 0 Å². The van der Waals surface area contributed by atoms with Crippen LogP contribution in [-0.2, 0) is 6.54 Å². The van der Waals surface area contributed by atoms with Gasteiger partial charge in [-0.15, -0.1) is 10.2 Å². The number of ether oxygens (including phenoxy) is 3. The number of aromatic nitrogens is 3. The molecule has 9 heteroatoms. The summed E-state index contributed by atoms with van der Waals surface area (Å²) in [6.07, 6.45) is 1.36. The van der Waals surface area contributed by atoms with E-state index in [-0.39, 0.29) is 12.1 Å². The summed E-state index contributed by atoms with van der Waals surface area (Å²) in [5, 5.41) is 13.3. The highest BCUT2D eigenvalue weighted by molar-refractivity contribution is 5.91. The predicted octanol–water partition coefficient (Wildman–Crippen LogP) is 3.03. The van der Waals surface area contributed by atoms with Gasteiger partial charge in [0.25, 0.3) is 0 Å². The molecule has 31 heavy (non-hydrogen) atoms. The van der Waals surface area contributed by atoms with E-state index in [4.69, 9.17) is 14.2 Å². The lowest BCUT2D eigenvalue weighted by Gasteiger charge is -2.40. The summed E-state index contributed by atoms with van der Waals surface area (Å²) in [6, 6.07) is 11.5. The molecule has 0 aliphatic carbocycles.